The Balaban J connectivity index is 1.60. The maximum absolute atomic E-state index is 13.0. The summed E-state index contributed by atoms with van der Waals surface area (Å²) in [4.78, 5) is 20.2. The minimum atomic E-state index is -4.53. The Morgan fingerprint density at radius 2 is 2.03 bits per heavy atom. The fraction of sp³-hybridized carbons (Fsp3) is 0.455. The number of fused-ring (bicyclic) bond motifs is 1. The molecule has 1 N–H and O–H groups in total. The molecule has 2 aliphatic rings. The summed E-state index contributed by atoms with van der Waals surface area (Å²) >= 11 is 0. The number of rotatable bonds is 2. The summed E-state index contributed by atoms with van der Waals surface area (Å²) in [5, 5.41) is 10.2. The van der Waals surface area contributed by atoms with Gasteiger partial charge in [-0.2, -0.15) is 13.2 Å². The third kappa shape index (κ3) is 4.19. The van der Waals surface area contributed by atoms with E-state index in [1.54, 1.807) is 19.2 Å². The lowest BCUT2D eigenvalue weighted by Gasteiger charge is -2.47. The zero-order valence-electron chi connectivity index (χ0n) is 17.3. The molecular formula is C22H24F3N3O3. The lowest BCUT2D eigenvalue weighted by Crippen LogP contribution is -2.60. The number of anilines is 1. The number of hydrogen-bond donors (Lipinski definition) is 1. The Morgan fingerprint density at radius 3 is 2.65 bits per heavy atom. The first-order valence-electron chi connectivity index (χ1n) is 10.2. The van der Waals surface area contributed by atoms with E-state index in [-0.39, 0.29) is 23.6 Å². The van der Waals surface area contributed by atoms with Gasteiger partial charge in [-0.25, -0.2) is 0 Å². The van der Waals surface area contributed by atoms with Crippen LogP contribution in [0.25, 0.3) is 11.3 Å². The first-order chi connectivity index (χ1) is 14.6. The van der Waals surface area contributed by atoms with E-state index in [9.17, 15) is 23.1 Å². The highest BCUT2D eigenvalue weighted by Gasteiger charge is 2.38. The Kier molecular flexibility index (Phi) is 5.55. The zero-order valence-corrected chi connectivity index (χ0v) is 17.3. The number of nitrogens with zero attached hydrogens (tertiary/aromatic N) is 3. The van der Waals surface area contributed by atoms with Crippen molar-refractivity contribution in [1.29, 1.82) is 0 Å². The molecule has 31 heavy (non-hydrogen) atoms. The van der Waals surface area contributed by atoms with E-state index in [0.717, 1.165) is 24.2 Å². The average Bonchev–Trinajstić information content (AvgIpc) is 2.72. The fourth-order valence-electron chi connectivity index (χ4n) is 4.45. The topological polar surface area (TPSA) is 65.9 Å². The van der Waals surface area contributed by atoms with Crippen molar-refractivity contribution in [3.05, 3.63) is 41.6 Å². The van der Waals surface area contributed by atoms with E-state index in [1.165, 1.54) is 6.92 Å². The molecular weight excluding hydrogens is 411 g/mol. The first-order valence-corrected chi connectivity index (χ1v) is 10.2. The zero-order chi connectivity index (χ0) is 22.3. The summed E-state index contributed by atoms with van der Waals surface area (Å²) in [5.74, 6) is -0.422. The molecule has 9 heteroatoms. The Morgan fingerprint density at radius 1 is 1.26 bits per heavy atom. The van der Waals surface area contributed by atoms with Gasteiger partial charge in [0.25, 0.3) is 0 Å². The molecule has 1 aromatic heterocycles. The summed E-state index contributed by atoms with van der Waals surface area (Å²) in [5.41, 5.74) is 0.917. The van der Waals surface area contributed by atoms with Gasteiger partial charge >= 0.3 is 6.18 Å². The van der Waals surface area contributed by atoms with Crippen LogP contribution < -0.4 is 4.90 Å². The van der Waals surface area contributed by atoms with E-state index < -0.39 is 17.5 Å². The summed E-state index contributed by atoms with van der Waals surface area (Å²) in [6.45, 7) is 5.54. The van der Waals surface area contributed by atoms with Crippen LogP contribution in [0.5, 0.6) is 5.75 Å². The molecule has 0 aliphatic carbocycles. The van der Waals surface area contributed by atoms with E-state index in [2.05, 4.69) is 9.88 Å². The molecule has 2 saturated heterocycles. The lowest BCUT2D eigenvalue weighted by atomic mass is 9.97. The maximum Gasteiger partial charge on any atom is 0.416 e. The highest BCUT2D eigenvalue weighted by molar-refractivity contribution is 5.74. The highest BCUT2D eigenvalue weighted by atomic mass is 19.4. The van der Waals surface area contributed by atoms with Crippen molar-refractivity contribution in [2.75, 3.05) is 31.1 Å². The van der Waals surface area contributed by atoms with Gasteiger partial charge in [0.2, 0.25) is 5.91 Å². The van der Waals surface area contributed by atoms with E-state index in [4.69, 9.17) is 4.74 Å². The molecule has 2 aliphatic heterocycles. The number of aromatic hydroxyl groups is 1. The van der Waals surface area contributed by atoms with Gasteiger partial charge in [-0.15, -0.1) is 0 Å². The van der Waals surface area contributed by atoms with Crippen LogP contribution in [0.15, 0.2) is 30.5 Å². The smallest absolute Gasteiger partial charge is 0.416 e. The molecule has 3 heterocycles. The van der Waals surface area contributed by atoms with Crippen molar-refractivity contribution in [3.8, 4) is 17.0 Å². The van der Waals surface area contributed by atoms with E-state index >= 15 is 0 Å². The Labute approximate surface area is 178 Å². The minimum absolute atomic E-state index is 0.0141. The Hall–Kier alpha value is -2.81. The monoisotopic (exact) mass is 435 g/mol. The molecule has 0 spiro atoms. The van der Waals surface area contributed by atoms with Crippen molar-refractivity contribution in [2.24, 2.45) is 0 Å². The van der Waals surface area contributed by atoms with Gasteiger partial charge in [0.05, 0.1) is 41.9 Å². The number of benzene rings is 1. The predicted molar refractivity (Wildman–Crippen MR) is 109 cm³/mol. The van der Waals surface area contributed by atoms with Crippen LogP contribution in [0.1, 0.15) is 24.5 Å². The second kappa shape index (κ2) is 8.03. The third-order valence-corrected chi connectivity index (χ3v) is 6.01. The average molecular weight is 435 g/mol. The van der Waals surface area contributed by atoms with Crippen LogP contribution in [-0.2, 0) is 15.7 Å². The number of phenolic OH excluding ortho intramolecular Hbond substituents is 1. The van der Waals surface area contributed by atoms with Gasteiger partial charge in [0.15, 0.2) is 0 Å². The number of ether oxygens (including phenoxy) is 1. The number of alkyl halides is 3. The summed E-state index contributed by atoms with van der Waals surface area (Å²) in [6.07, 6.45) is -2.07. The van der Waals surface area contributed by atoms with Gasteiger partial charge in [-0.1, -0.05) is 0 Å². The van der Waals surface area contributed by atoms with Gasteiger partial charge in [-0.05, 0) is 43.2 Å². The molecule has 0 radical (unpaired) electrons. The molecule has 0 saturated carbocycles. The van der Waals surface area contributed by atoms with Crippen molar-refractivity contribution >= 4 is 11.6 Å². The normalized spacial score (nSPS) is 21.7. The number of amides is 1. The summed E-state index contributed by atoms with van der Waals surface area (Å²) in [6, 6.07) is 5.29. The Bertz CT molecular complexity index is 955. The van der Waals surface area contributed by atoms with Gasteiger partial charge in [0, 0.05) is 32.1 Å². The SMILES string of the molecule is CC(=O)N1CC[C@H]2OCCN(c3ccc(-c4c(C)cc(C(F)(F)F)cc4O)nc3)[C@H]2C1. The van der Waals surface area contributed by atoms with Gasteiger partial charge in [-0.3, -0.25) is 9.78 Å². The maximum atomic E-state index is 13.0. The number of phenols is 1. The van der Waals surface area contributed by atoms with Gasteiger partial charge < -0.3 is 19.6 Å². The second-order valence-corrected chi connectivity index (χ2v) is 8.01. The van der Waals surface area contributed by atoms with Crippen molar-refractivity contribution in [3.63, 3.8) is 0 Å². The molecule has 1 aromatic carbocycles. The number of carbonyl (C=O) groups excluding carboxylic acids is 1. The summed E-state index contributed by atoms with van der Waals surface area (Å²) < 4.78 is 44.9. The molecule has 166 valence electrons. The van der Waals surface area contributed by atoms with Crippen LogP contribution in [0.4, 0.5) is 18.9 Å². The number of morpholine rings is 1. The van der Waals surface area contributed by atoms with Crippen LogP contribution in [-0.4, -0.2) is 59.3 Å². The predicted octanol–water partition coefficient (Wildman–Crippen LogP) is 3.61. The number of hydrogen-bond acceptors (Lipinski definition) is 5. The van der Waals surface area contributed by atoms with Crippen molar-refractivity contribution < 1.29 is 27.8 Å². The molecule has 2 fully saturated rings. The number of piperidine rings is 1. The van der Waals surface area contributed by atoms with E-state index in [0.29, 0.717) is 37.5 Å². The standard InChI is InChI=1S/C22H24F3N3O3/c1-13-9-15(22(23,24)25)10-19(30)21(13)17-4-3-16(11-26-17)28-7-8-31-20-5-6-27(14(2)29)12-18(20)28/h3-4,9-11,18,20,30H,5-8,12H2,1-2H3/t18-,20+/m0/s1. The number of pyridine rings is 1. The third-order valence-electron chi connectivity index (χ3n) is 6.01. The van der Waals surface area contributed by atoms with Crippen molar-refractivity contribution in [2.45, 2.75) is 38.6 Å². The van der Waals surface area contributed by atoms with Crippen molar-refractivity contribution in [1.82, 2.24) is 9.88 Å². The molecule has 2 aromatic rings. The van der Waals surface area contributed by atoms with Crippen LogP contribution in [0.2, 0.25) is 0 Å². The lowest BCUT2D eigenvalue weighted by molar-refractivity contribution is -0.137. The molecule has 1 amide bonds. The number of aromatic nitrogens is 1. The second-order valence-electron chi connectivity index (χ2n) is 8.01. The minimum Gasteiger partial charge on any atom is -0.507 e. The highest BCUT2D eigenvalue weighted by Crippen LogP contribution is 2.39. The molecule has 6 nitrogen and oxygen atoms in total. The summed E-state index contributed by atoms with van der Waals surface area (Å²) in [7, 11) is 0. The largest absolute Gasteiger partial charge is 0.507 e. The quantitative estimate of drug-likeness (QED) is 0.781. The number of halogens is 3. The number of likely N-dealkylation sites (tertiary alicyclic amines) is 1. The fourth-order valence-corrected chi connectivity index (χ4v) is 4.45. The molecule has 4 rings (SSSR count). The molecule has 0 unspecified atom stereocenters. The molecule has 2 atom stereocenters. The van der Waals surface area contributed by atoms with Crippen LogP contribution >= 0.6 is 0 Å². The number of aryl methyl sites for hydroxylation is 1. The van der Waals surface area contributed by atoms with Crippen LogP contribution in [0, 0.1) is 6.92 Å². The van der Waals surface area contributed by atoms with Gasteiger partial charge in [0.1, 0.15) is 5.75 Å². The number of carbonyl (C=O) groups is 1. The first kappa shape index (κ1) is 21.4. The van der Waals surface area contributed by atoms with Crippen LogP contribution in [0.3, 0.4) is 0 Å². The molecule has 0 bridgehead atoms. The van der Waals surface area contributed by atoms with E-state index in [1.807, 2.05) is 11.0 Å².